The summed E-state index contributed by atoms with van der Waals surface area (Å²) in [5.74, 6) is 0.293. The fraction of sp³-hybridized carbons (Fsp3) is 0.368. The number of rotatable bonds is 6. The number of amides is 1. The normalized spacial score (nSPS) is 15.2. The number of pyridine rings is 1. The van der Waals surface area contributed by atoms with E-state index >= 15 is 0 Å². The van der Waals surface area contributed by atoms with Crippen LogP contribution in [0, 0.1) is 12.8 Å². The molecule has 4 heteroatoms. The first-order valence-corrected chi connectivity index (χ1v) is 8.08. The molecule has 2 aromatic rings. The Balaban J connectivity index is 1.89. The van der Waals surface area contributed by atoms with Crippen molar-refractivity contribution in [3.63, 3.8) is 0 Å². The van der Waals surface area contributed by atoms with Gasteiger partial charge in [-0.15, -0.1) is 0 Å². The Kier molecular flexibility index (Phi) is 4.72. The Morgan fingerprint density at radius 2 is 1.96 bits per heavy atom. The van der Waals surface area contributed by atoms with Crippen LogP contribution < -0.4 is 0 Å². The van der Waals surface area contributed by atoms with Gasteiger partial charge in [0.1, 0.15) is 5.69 Å². The van der Waals surface area contributed by atoms with E-state index < -0.39 is 0 Å². The number of benzene rings is 1. The summed E-state index contributed by atoms with van der Waals surface area (Å²) in [6.45, 7) is 2.37. The van der Waals surface area contributed by atoms with Crippen molar-refractivity contribution in [2.45, 2.75) is 32.4 Å². The van der Waals surface area contributed by atoms with Gasteiger partial charge in [0, 0.05) is 12.2 Å². The number of aromatic nitrogens is 1. The zero-order valence-corrected chi connectivity index (χ0v) is 13.4. The Bertz CT molecular complexity index is 668. The summed E-state index contributed by atoms with van der Waals surface area (Å²) in [5, 5.41) is 9.82. The molecule has 1 fully saturated rings. The number of aliphatic hydroxyl groups is 1. The molecular formula is C19H22N2O2. The lowest BCUT2D eigenvalue weighted by Crippen LogP contribution is -2.43. The first kappa shape index (κ1) is 15.7. The average molecular weight is 310 g/mol. The van der Waals surface area contributed by atoms with Crippen LogP contribution in [0.15, 0.2) is 48.5 Å². The second-order valence-electron chi connectivity index (χ2n) is 6.17. The van der Waals surface area contributed by atoms with Gasteiger partial charge >= 0.3 is 0 Å². The standard InChI is InChI=1S/C19H22N2O2/c1-14-6-5-9-17(20-14)19(23)21(18(13-22)16-10-11-16)12-15-7-3-2-4-8-15/h2-9,16,18,22H,10-13H2,1H3. The zero-order chi connectivity index (χ0) is 16.2. The summed E-state index contributed by atoms with van der Waals surface area (Å²) in [6.07, 6.45) is 2.15. The molecule has 0 saturated heterocycles. The van der Waals surface area contributed by atoms with E-state index in [4.69, 9.17) is 0 Å². The van der Waals surface area contributed by atoms with Crippen molar-refractivity contribution in [1.82, 2.24) is 9.88 Å². The van der Waals surface area contributed by atoms with Gasteiger partial charge in [-0.1, -0.05) is 36.4 Å². The van der Waals surface area contributed by atoms with Crippen LogP contribution in [0.2, 0.25) is 0 Å². The molecule has 4 nitrogen and oxygen atoms in total. The topological polar surface area (TPSA) is 53.4 Å². The van der Waals surface area contributed by atoms with Crippen molar-refractivity contribution in [2.24, 2.45) is 5.92 Å². The summed E-state index contributed by atoms with van der Waals surface area (Å²) in [5.41, 5.74) is 2.33. The van der Waals surface area contributed by atoms with Crippen LogP contribution in [0.5, 0.6) is 0 Å². The first-order valence-electron chi connectivity index (χ1n) is 8.08. The van der Waals surface area contributed by atoms with Crippen LogP contribution in [-0.2, 0) is 6.54 Å². The average Bonchev–Trinajstić information content (AvgIpc) is 3.40. The molecule has 1 aromatic heterocycles. The number of nitrogens with zero attached hydrogens (tertiary/aromatic N) is 2. The van der Waals surface area contributed by atoms with E-state index in [0.717, 1.165) is 24.1 Å². The van der Waals surface area contributed by atoms with E-state index in [1.165, 1.54) is 0 Å². The van der Waals surface area contributed by atoms with Crippen LogP contribution in [0.1, 0.15) is 34.6 Å². The van der Waals surface area contributed by atoms with Crippen molar-refractivity contribution in [3.8, 4) is 0 Å². The Labute approximate surface area is 136 Å². The van der Waals surface area contributed by atoms with Gasteiger partial charge < -0.3 is 10.0 Å². The summed E-state index contributed by atoms with van der Waals surface area (Å²) >= 11 is 0. The molecule has 1 atom stereocenters. The lowest BCUT2D eigenvalue weighted by atomic mass is 10.1. The molecule has 1 aliphatic rings. The van der Waals surface area contributed by atoms with E-state index in [0.29, 0.717) is 18.2 Å². The molecule has 1 aromatic carbocycles. The van der Waals surface area contributed by atoms with Crippen molar-refractivity contribution < 1.29 is 9.90 Å². The van der Waals surface area contributed by atoms with E-state index in [1.54, 1.807) is 11.0 Å². The number of aliphatic hydroxyl groups excluding tert-OH is 1. The molecule has 1 aliphatic carbocycles. The van der Waals surface area contributed by atoms with Gasteiger partial charge in [-0.05, 0) is 43.4 Å². The SMILES string of the molecule is Cc1cccc(C(=O)N(Cc2ccccc2)C(CO)C2CC2)n1. The second-order valence-corrected chi connectivity index (χ2v) is 6.17. The van der Waals surface area contributed by atoms with E-state index in [2.05, 4.69) is 4.98 Å². The fourth-order valence-corrected chi connectivity index (χ4v) is 2.91. The Hall–Kier alpha value is -2.20. The largest absolute Gasteiger partial charge is 0.394 e. The molecule has 0 spiro atoms. The fourth-order valence-electron chi connectivity index (χ4n) is 2.91. The summed E-state index contributed by atoms with van der Waals surface area (Å²) in [6, 6.07) is 15.2. The molecule has 1 unspecified atom stereocenters. The van der Waals surface area contributed by atoms with Gasteiger partial charge in [-0.25, -0.2) is 4.98 Å². The third-order valence-corrected chi connectivity index (χ3v) is 4.32. The molecule has 0 bridgehead atoms. The molecule has 0 aliphatic heterocycles. The van der Waals surface area contributed by atoms with Crippen molar-refractivity contribution >= 4 is 5.91 Å². The van der Waals surface area contributed by atoms with Gasteiger partial charge in [0.15, 0.2) is 0 Å². The lowest BCUT2D eigenvalue weighted by Gasteiger charge is -2.31. The summed E-state index contributed by atoms with van der Waals surface area (Å²) in [7, 11) is 0. The number of hydrogen-bond donors (Lipinski definition) is 1. The molecule has 23 heavy (non-hydrogen) atoms. The maximum Gasteiger partial charge on any atom is 0.273 e. The van der Waals surface area contributed by atoms with Gasteiger partial charge in [0.05, 0.1) is 12.6 Å². The monoisotopic (exact) mass is 310 g/mol. The smallest absolute Gasteiger partial charge is 0.273 e. The number of carbonyl (C=O) groups is 1. The predicted molar refractivity (Wildman–Crippen MR) is 88.9 cm³/mol. The summed E-state index contributed by atoms with van der Waals surface area (Å²) < 4.78 is 0. The third-order valence-electron chi connectivity index (χ3n) is 4.32. The van der Waals surface area contributed by atoms with Crippen molar-refractivity contribution in [2.75, 3.05) is 6.61 Å². The quantitative estimate of drug-likeness (QED) is 0.892. The molecule has 120 valence electrons. The number of hydrogen-bond acceptors (Lipinski definition) is 3. The van der Waals surface area contributed by atoms with E-state index in [9.17, 15) is 9.90 Å². The third kappa shape index (κ3) is 3.77. The highest BCUT2D eigenvalue weighted by Crippen LogP contribution is 2.36. The summed E-state index contributed by atoms with van der Waals surface area (Å²) in [4.78, 5) is 19.1. The maximum atomic E-state index is 13.0. The first-order chi connectivity index (χ1) is 11.2. The minimum absolute atomic E-state index is 0.00490. The van der Waals surface area contributed by atoms with E-state index in [-0.39, 0.29) is 18.6 Å². The molecule has 1 heterocycles. The van der Waals surface area contributed by atoms with Crippen molar-refractivity contribution in [1.29, 1.82) is 0 Å². The highest BCUT2D eigenvalue weighted by atomic mass is 16.3. The predicted octanol–water partition coefficient (Wildman–Crippen LogP) is 2.80. The molecule has 1 saturated carbocycles. The number of aryl methyl sites for hydroxylation is 1. The molecule has 0 radical (unpaired) electrons. The van der Waals surface area contributed by atoms with E-state index in [1.807, 2.05) is 49.4 Å². The lowest BCUT2D eigenvalue weighted by molar-refractivity contribution is 0.0525. The Morgan fingerprint density at radius 3 is 2.57 bits per heavy atom. The van der Waals surface area contributed by atoms with Gasteiger partial charge in [0.25, 0.3) is 5.91 Å². The highest BCUT2D eigenvalue weighted by molar-refractivity contribution is 5.92. The van der Waals surface area contributed by atoms with Crippen LogP contribution in [0.4, 0.5) is 0 Å². The van der Waals surface area contributed by atoms with Crippen LogP contribution in [0.3, 0.4) is 0 Å². The molecule has 1 N–H and O–H groups in total. The van der Waals surface area contributed by atoms with Gasteiger partial charge in [-0.2, -0.15) is 0 Å². The molecule has 1 amide bonds. The van der Waals surface area contributed by atoms with Gasteiger partial charge in [0.2, 0.25) is 0 Å². The maximum absolute atomic E-state index is 13.0. The Morgan fingerprint density at radius 1 is 1.22 bits per heavy atom. The minimum atomic E-state index is -0.134. The van der Waals surface area contributed by atoms with Crippen LogP contribution in [-0.4, -0.2) is 33.5 Å². The zero-order valence-electron chi connectivity index (χ0n) is 13.4. The van der Waals surface area contributed by atoms with Crippen LogP contribution in [0.25, 0.3) is 0 Å². The van der Waals surface area contributed by atoms with Gasteiger partial charge in [-0.3, -0.25) is 4.79 Å². The molecular weight excluding hydrogens is 288 g/mol. The minimum Gasteiger partial charge on any atom is -0.394 e. The van der Waals surface area contributed by atoms with Crippen LogP contribution >= 0.6 is 0 Å². The highest BCUT2D eigenvalue weighted by Gasteiger charge is 2.37. The molecule has 3 rings (SSSR count). The number of carbonyl (C=O) groups excluding carboxylic acids is 1. The second kappa shape index (κ2) is 6.92. The van der Waals surface area contributed by atoms with Crippen molar-refractivity contribution in [3.05, 3.63) is 65.5 Å².